The van der Waals surface area contributed by atoms with Crippen LogP contribution in [0.25, 0.3) is 0 Å². The van der Waals surface area contributed by atoms with Gasteiger partial charge in [-0.25, -0.2) is 0 Å². The first-order valence-electron chi connectivity index (χ1n) is 4.14. The molecule has 1 rings (SSSR count). The number of carbonyl (C=O) groups is 1. The van der Waals surface area contributed by atoms with Gasteiger partial charge in [0.2, 0.25) is 5.91 Å². The van der Waals surface area contributed by atoms with Gasteiger partial charge in [-0.05, 0) is 19.8 Å². The van der Waals surface area contributed by atoms with E-state index in [1.165, 1.54) is 0 Å². The lowest BCUT2D eigenvalue weighted by Gasteiger charge is -2.12. The molecule has 3 heteroatoms. The predicted octanol–water partition coefficient (Wildman–Crippen LogP) is 1.21. The molecule has 0 aromatic rings. The van der Waals surface area contributed by atoms with Crippen molar-refractivity contribution < 1.29 is 9.18 Å². The first kappa shape index (κ1) is 8.50. The van der Waals surface area contributed by atoms with Crippen LogP contribution in [0.15, 0.2) is 0 Å². The Labute approximate surface area is 66.4 Å². The second kappa shape index (κ2) is 3.69. The highest BCUT2D eigenvalue weighted by molar-refractivity contribution is 5.80. The van der Waals surface area contributed by atoms with Gasteiger partial charge in [-0.1, -0.05) is 0 Å². The number of hydrogen-bond acceptors (Lipinski definition) is 1. The van der Waals surface area contributed by atoms with Crippen LogP contribution in [-0.2, 0) is 4.79 Å². The van der Waals surface area contributed by atoms with E-state index >= 15 is 0 Å². The van der Waals surface area contributed by atoms with Crippen LogP contribution >= 0.6 is 0 Å². The van der Waals surface area contributed by atoms with Crippen LogP contribution in [0.5, 0.6) is 0 Å². The summed E-state index contributed by atoms with van der Waals surface area (Å²) in [4.78, 5) is 13.1. The fourth-order valence-corrected chi connectivity index (χ4v) is 1.52. The fourth-order valence-electron chi connectivity index (χ4n) is 1.52. The van der Waals surface area contributed by atoms with Crippen molar-refractivity contribution in [3.63, 3.8) is 0 Å². The Balaban J connectivity index is 2.42. The Kier molecular flexibility index (Phi) is 2.85. The van der Waals surface area contributed by atoms with Crippen molar-refractivity contribution in [2.24, 2.45) is 5.92 Å². The van der Waals surface area contributed by atoms with Gasteiger partial charge in [0.15, 0.2) is 0 Å². The van der Waals surface area contributed by atoms with E-state index < -0.39 is 0 Å². The van der Waals surface area contributed by atoms with Gasteiger partial charge in [-0.3, -0.25) is 9.18 Å². The molecule has 0 radical (unpaired) electrons. The van der Waals surface area contributed by atoms with Crippen LogP contribution in [0, 0.1) is 5.92 Å². The zero-order valence-electron chi connectivity index (χ0n) is 6.85. The van der Waals surface area contributed by atoms with Crippen LogP contribution in [0.1, 0.15) is 19.8 Å². The zero-order chi connectivity index (χ0) is 8.27. The van der Waals surface area contributed by atoms with E-state index in [0.29, 0.717) is 6.42 Å². The van der Waals surface area contributed by atoms with E-state index in [0.717, 1.165) is 19.5 Å². The van der Waals surface area contributed by atoms with Crippen molar-refractivity contribution in [2.45, 2.75) is 19.8 Å². The standard InChI is InChI=1S/C8H14FNO/c1-2-10-6-4-7(3-5-9)8(10)11/h7H,2-6H2,1H3. The Morgan fingerprint density at radius 2 is 2.45 bits per heavy atom. The highest BCUT2D eigenvalue weighted by Gasteiger charge is 2.29. The van der Waals surface area contributed by atoms with Gasteiger partial charge in [-0.15, -0.1) is 0 Å². The third kappa shape index (κ3) is 1.70. The zero-order valence-corrected chi connectivity index (χ0v) is 6.85. The molecule has 0 aliphatic carbocycles. The summed E-state index contributed by atoms with van der Waals surface area (Å²) in [5.41, 5.74) is 0. The van der Waals surface area contributed by atoms with Crippen molar-refractivity contribution in [1.29, 1.82) is 0 Å². The monoisotopic (exact) mass is 159 g/mol. The van der Waals surface area contributed by atoms with Crippen molar-refractivity contribution in [3.05, 3.63) is 0 Å². The van der Waals surface area contributed by atoms with Crippen LogP contribution in [0.3, 0.4) is 0 Å². The summed E-state index contributed by atoms with van der Waals surface area (Å²) >= 11 is 0. The minimum absolute atomic E-state index is 0.0278. The van der Waals surface area contributed by atoms with Gasteiger partial charge >= 0.3 is 0 Å². The molecule has 11 heavy (non-hydrogen) atoms. The molecule has 1 fully saturated rings. The molecule has 1 heterocycles. The van der Waals surface area contributed by atoms with Gasteiger partial charge in [-0.2, -0.15) is 0 Å². The summed E-state index contributed by atoms with van der Waals surface area (Å²) in [5.74, 6) is 0.116. The average Bonchev–Trinajstić information content (AvgIpc) is 2.34. The SMILES string of the molecule is CCN1CCC(CCF)C1=O. The summed E-state index contributed by atoms with van der Waals surface area (Å²) in [5, 5.41) is 0. The lowest BCUT2D eigenvalue weighted by Crippen LogP contribution is -2.27. The van der Waals surface area contributed by atoms with Crippen molar-refractivity contribution >= 4 is 5.91 Å². The maximum Gasteiger partial charge on any atom is 0.225 e. The van der Waals surface area contributed by atoms with Crippen LogP contribution in [-0.4, -0.2) is 30.6 Å². The molecule has 2 nitrogen and oxygen atoms in total. The van der Waals surface area contributed by atoms with Crippen molar-refractivity contribution in [2.75, 3.05) is 19.8 Å². The van der Waals surface area contributed by atoms with E-state index in [9.17, 15) is 9.18 Å². The topological polar surface area (TPSA) is 20.3 Å². The van der Waals surface area contributed by atoms with Crippen molar-refractivity contribution in [1.82, 2.24) is 4.90 Å². The number of carbonyl (C=O) groups excluding carboxylic acids is 1. The molecule has 1 atom stereocenters. The molecule has 0 aromatic heterocycles. The van der Waals surface area contributed by atoms with Gasteiger partial charge < -0.3 is 4.90 Å². The molecule has 1 aliphatic rings. The van der Waals surface area contributed by atoms with Crippen LogP contribution in [0.4, 0.5) is 4.39 Å². The Morgan fingerprint density at radius 3 is 2.91 bits per heavy atom. The molecule has 64 valence electrons. The Bertz CT molecular complexity index is 149. The molecular weight excluding hydrogens is 145 g/mol. The smallest absolute Gasteiger partial charge is 0.225 e. The number of likely N-dealkylation sites (tertiary alicyclic amines) is 1. The number of hydrogen-bond donors (Lipinski definition) is 0. The van der Waals surface area contributed by atoms with E-state index in [2.05, 4.69) is 0 Å². The second-order valence-electron chi connectivity index (χ2n) is 2.88. The lowest BCUT2D eigenvalue weighted by atomic mass is 10.1. The number of nitrogens with zero attached hydrogens (tertiary/aromatic N) is 1. The molecule has 1 unspecified atom stereocenters. The Hall–Kier alpha value is -0.600. The maximum atomic E-state index is 11.9. The molecule has 0 bridgehead atoms. The molecule has 0 spiro atoms. The highest BCUT2D eigenvalue weighted by atomic mass is 19.1. The van der Waals surface area contributed by atoms with Crippen LogP contribution in [0.2, 0.25) is 0 Å². The first-order chi connectivity index (χ1) is 5.29. The number of halogens is 1. The van der Waals surface area contributed by atoms with Crippen molar-refractivity contribution in [3.8, 4) is 0 Å². The number of alkyl halides is 1. The third-order valence-electron chi connectivity index (χ3n) is 2.25. The summed E-state index contributed by atoms with van der Waals surface area (Å²) in [6.07, 6.45) is 1.26. The maximum absolute atomic E-state index is 11.9. The minimum atomic E-state index is -0.367. The van der Waals surface area contributed by atoms with E-state index in [-0.39, 0.29) is 18.5 Å². The summed E-state index contributed by atoms with van der Waals surface area (Å²) in [7, 11) is 0. The average molecular weight is 159 g/mol. The summed E-state index contributed by atoms with van der Waals surface area (Å²) < 4.78 is 11.9. The van der Waals surface area contributed by atoms with Gasteiger partial charge in [0.25, 0.3) is 0 Å². The summed E-state index contributed by atoms with van der Waals surface area (Å²) in [6, 6.07) is 0. The van der Waals surface area contributed by atoms with E-state index in [4.69, 9.17) is 0 Å². The molecule has 0 aromatic carbocycles. The molecule has 1 amide bonds. The molecular formula is C8H14FNO. The minimum Gasteiger partial charge on any atom is -0.343 e. The molecule has 1 saturated heterocycles. The second-order valence-corrected chi connectivity index (χ2v) is 2.88. The third-order valence-corrected chi connectivity index (χ3v) is 2.25. The van der Waals surface area contributed by atoms with Gasteiger partial charge in [0.1, 0.15) is 0 Å². The first-order valence-corrected chi connectivity index (χ1v) is 4.14. The van der Waals surface area contributed by atoms with E-state index in [1.54, 1.807) is 4.90 Å². The normalized spacial score (nSPS) is 24.7. The van der Waals surface area contributed by atoms with Gasteiger partial charge in [0.05, 0.1) is 6.67 Å². The van der Waals surface area contributed by atoms with E-state index in [1.807, 2.05) is 6.92 Å². The highest BCUT2D eigenvalue weighted by Crippen LogP contribution is 2.20. The lowest BCUT2D eigenvalue weighted by molar-refractivity contribution is -0.131. The van der Waals surface area contributed by atoms with Crippen LogP contribution < -0.4 is 0 Å². The number of amides is 1. The van der Waals surface area contributed by atoms with Gasteiger partial charge in [0, 0.05) is 19.0 Å². The molecule has 0 saturated carbocycles. The Morgan fingerprint density at radius 1 is 1.73 bits per heavy atom. The molecule has 0 N–H and O–H groups in total. The fraction of sp³-hybridized carbons (Fsp3) is 0.875. The quantitative estimate of drug-likeness (QED) is 0.606. The summed E-state index contributed by atoms with van der Waals surface area (Å²) in [6.45, 7) is 3.17. The predicted molar refractivity (Wildman–Crippen MR) is 41.0 cm³/mol. The molecule has 1 aliphatic heterocycles. The largest absolute Gasteiger partial charge is 0.343 e. The number of rotatable bonds is 3.